The van der Waals surface area contributed by atoms with Crippen LogP contribution in [0.5, 0.6) is 0 Å². The average Bonchev–Trinajstić information content (AvgIpc) is 3.55. The van der Waals surface area contributed by atoms with Crippen LogP contribution >= 0.6 is 15.6 Å². The second-order valence-corrected chi connectivity index (χ2v) is 27.5. The number of hydrogen-bond donors (Lipinski definition) is 3. The second-order valence-electron chi connectivity index (χ2n) is 24.6. The standard InChI is InChI=1S/C66H128O17P2/c1-7-10-12-14-15-16-17-18-19-22-25-31-37-43-49-64(69)77-55-62(83-65(70)50-44-38-32-26-23-20-21-24-29-35-40-46-58(4)5)57-81-85(74,75)79-53-60(67)52-78-84(72,73)80-56-61(54-76-63(68)48-42-34-13-11-8-2)82-66(71)51-45-39-33-28-27-30-36-41-47-59(6)9-3/h58-62,67H,7-57H2,1-6H3,(H,72,73)(H,74,75)/t59?,60-,61+,62+/m0/s1. The molecule has 3 N–H and O–H groups in total. The van der Waals surface area contributed by atoms with Gasteiger partial charge < -0.3 is 33.8 Å². The Hall–Kier alpha value is -1.94. The monoisotopic (exact) mass is 1250 g/mol. The van der Waals surface area contributed by atoms with Crippen LogP contribution in [0.25, 0.3) is 0 Å². The number of unbranched alkanes of at least 4 members (excludes halogenated alkanes) is 34. The lowest BCUT2D eigenvalue weighted by atomic mass is 9.99. The molecule has 0 spiro atoms. The van der Waals surface area contributed by atoms with Gasteiger partial charge in [-0.3, -0.25) is 37.3 Å². The molecule has 17 nitrogen and oxygen atoms in total. The molecule has 0 saturated heterocycles. The van der Waals surface area contributed by atoms with Crippen molar-refractivity contribution in [2.45, 2.75) is 349 Å². The first-order valence-corrected chi connectivity index (χ1v) is 37.5. The van der Waals surface area contributed by atoms with E-state index in [4.69, 9.17) is 37.0 Å². The van der Waals surface area contributed by atoms with Crippen LogP contribution in [0.4, 0.5) is 0 Å². The van der Waals surface area contributed by atoms with Crippen LogP contribution in [-0.2, 0) is 65.4 Å². The minimum absolute atomic E-state index is 0.104. The molecular weight excluding hydrogens is 1130 g/mol. The first-order chi connectivity index (χ1) is 40.9. The number of carbonyl (C=O) groups is 4. The Kier molecular flexibility index (Phi) is 57.1. The van der Waals surface area contributed by atoms with Gasteiger partial charge in [0.2, 0.25) is 0 Å². The molecule has 0 fully saturated rings. The summed E-state index contributed by atoms with van der Waals surface area (Å²) in [4.78, 5) is 72.1. The van der Waals surface area contributed by atoms with Gasteiger partial charge in [0.05, 0.1) is 26.4 Å². The summed E-state index contributed by atoms with van der Waals surface area (Å²) in [7, 11) is -9.88. The summed E-state index contributed by atoms with van der Waals surface area (Å²) in [5, 5.41) is 10.5. The Labute approximate surface area is 517 Å². The van der Waals surface area contributed by atoms with Gasteiger partial charge in [-0.25, -0.2) is 9.13 Å². The number of aliphatic hydroxyl groups excluding tert-OH is 1. The van der Waals surface area contributed by atoms with Gasteiger partial charge in [0.25, 0.3) is 0 Å². The zero-order valence-corrected chi connectivity index (χ0v) is 56.7. The highest BCUT2D eigenvalue weighted by molar-refractivity contribution is 7.47. The highest BCUT2D eigenvalue weighted by Crippen LogP contribution is 2.45. The number of esters is 4. The van der Waals surface area contributed by atoms with Gasteiger partial charge in [0.1, 0.15) is 19.3 Å². The van der Waals surface area contributed by atoms with Gasteiger partial charge in [0.15, 0.2) is 12.2 Å². The first-order valence-electron chi connectivity index (χ1n) is 34.5. The highest BCUT2D eigenvalue weighted by Gasteiger charge is 2.30. The summed E-state index contributed by atoms with van der Waals surface area (Å²) < 4.78 is 67.9. The fourth-order valence-corrected chi connectivity index (χ4v) is 11.4. The maximum absolute atomic E-state index is 13.0. The normalized spacial score (nSPS) is 14.6. The van der Waals surface area contributed by atoms with E-state index < -0.39 is 97.5 Å². The van der Waals surface area contributed by atoms with Crippen LogP contribution in [0, 0.1) is 11.8 Å². The van der Waals surface area contributed by atoms with E-state index in [9.17, 15) is 43.2 Å². The third-order valence-corrected chi connectivity index (χ3v) is 17.5. The third kappa shape index (κ3) is 59.5. The van der Waals surface area contributed by atoms with E-state index in [2.05, 4.69) is 41.5 Å². The molecule has 0 rings (SSSR count). The van der Waals surface area contributed by atoms with Crippen molar-refractivity contribution in [3.8, 4) is 0 Å². The van der Waals surface area contributed by atoms with Crippen molar-refractivity contribution in [3.63, 3.8) is 0 Å². The highest BCUT2D eigenvalue weighted by atomic mass is 31.2. The van der Waals surface area contributed by atoms with Crippen LogP contribution in [0.1, 0.15) is 330 Å². The van der Waals surface area contributed by atoms with E-state index in [-0.39, 0.29) is 25.7 Å². The van der Waals surface area contributed by atoms with E-state index >= 15 is 0 Å². The van der Waals surface area contributed by atoms with E-state index in [1.807, 2.05) is 0 Å². The molecule has 0 amide bonds. The Morgan fingerprint density at radius 3 is 0.894 bits per heavy atom. The molecule has 0 heterocycles. The van der Waals surface area contributed by atoms with Crippen molar-refractivity contribution in [1.29, 1.82) is 0 Å². The summed E-state index contributed by atoms with van der Waals surface area (Å²) in [5.41, 5.74) is 0. The summed E-state index contributed by atoms with van der Waals surface area (Å²) in [6, 6.07) is 0. The molecule has 0 saturated carbocycles. The number of phosphoric ester groups is 2. The van der Waals surface area contributed by atoms with Gasteiger partial charge >= 0.3 is 39.5 Å². The molecule has 6 atom stereocenters. The van der Waals surface area contributed by atoms with Crippen LogP contribution in [0.3, 0.4) is 0 Å². The lowest BCUT2D eigenvalue weighted by molar-refractivity contribution is -0.161. The van der Waals surface area contributed by atoms with Gasteiger partial charge in [-0.2, -0.15) is 0 Å². The lowest BCUT2D eigenvalue weighted by Crippen LogP contribution is -2.30. The van der Waals surface area contributed by atoms with Gasteiger partial charge in [-0.05, 0) is 37.5 Å². The molecule has 0 aromatic carbocycles. The zero-order valence-electron chi connectivity index (χ0n) is 54.9. The summed E-state index contributed by atoms with van der Waals surface area (Å²) >= 11 is 0. The van der Waals surface area contributed by atoms with Gasteiger partial charge in [-0.15, -0.1) is 0 Å². The number of phosphoric acid groups is 2. The molecule has 0 aliphatic rings. The number of aliphatic hydroxyl groups is 1. The van der Waals surface area contributed by atoms with E-state index in [0.29, 0.717) is 25.7 Å². The maximum atomic E-state index is 13.0. The first kappa shape index (κ1) is 83.1. The molecule has 0 aliphatic heterocycles. The fourth-order valence-electron chi connectivity index (χ4n) is 9.85. The van der Waals surface area contributed by atoms with Crippen LogP contribution in [0.2, 0.25) is 0 Å². The maximum Gasteiger partial charge on any atom is 0.472 e. The Balaban J connectivity index is 5.18. The smallest absolute Gasteiger partial charge is 0.462 e. The third-order valence-electron chi connectivity index (χ3n) is 15.6. The quantitative estimate of drug-likeness (QED) is 0.0222. The Morgan fingerprint density at radius 2 is 0.600 bits per heavy atom. The molecule has 0 aromatic rings. The summed E-state index contributed by atoms with van der Waals surface area (Å²) in [5.74, 6) is -0.606. The van der Waals surface area contributed by atoms with E-state index in [0.717, 1.165) is 108 Å². The van der Waals surface area contributed by atoms with Crippen molar-refractivity contribution in [2.75, 3.05) is 39.6 Å². The average molecular weight is 1260 g/mol. The van der Waals surface area contributed by atoms with Crippen LogP contribution in [0.15, 0.2) is 0 Å². The van der Waals surface area contributed by atoms with Crippen molar-refractivity contribution in [1.82, 2.24) is 0 Å². The predicted molar refractivity (Wildman–Crippen MR) is 340 cm³/mol. The van der Waals surface area contributed by atoms with Crippen molar-refractivity contribution in [3.05, 3.63) is 0 Å². The minimum Gasteiger partial charge on any atom is -0.462 e. The Bertz CT molecular complexity index is 1670. The minimum atomic E-state index is -4.95. The van der Waals surface area contributed by atoms with Gasteiger partial charge in [-0.1, -0.05) is 279 Å². The molecule has 504 valence electrons. The van der Waals surface area contributed by atoms with Gasteiger partial charge in [0, 0.05) is 25.7 Å². The summed E-state index contributed by atoms with van der Waals surface area (Å²) in [6.07, 6.45) is 41.9. The van der Waals surface area contributed by atoms with Crippen LogP contribution in [-0.4, -0.2) is 96.7 Å². The molecule has 19 heteroatoms. The van der Waals surface area contributed by atoms with E-state index in [1.165, 1.54) is 141 Å². The number of ether oxygens (including phenoxy) is 4. The molecular formula is C66H128O17P2. The van der Waals surface area contributed by atoms with Crippen molar-refractivity contribution < 1.29 is 80.2 Å². The fraction of sp³-hybridized carbons (Fsp3) is 0.939. The van der Waals surface area contributed by atoms with Crippen LogP contribution < -0.4 is 0 Å². The molecule has 0 radical (unpaired) electrons. The lowest BCUT2D eigenvalue weighted by Gasteiger charge is -2.21. The van der Waals surface area contributed by atoms with Crippen molar-refractivity contribution >= 4 is 39.5 Å². The number of rotatable bonds is 65. The molecule has 85 heavy (non-hydrogen) atoms. The van der Waals surface area contributed by atoms with Crippen molar-refractivity contribution in [2.24, 2.45) is 11.8 Å². The topological polar surface area (TPSA) is 237 Å². The number of carbonyl (C=O) groups excluding carboxylic acids is 4. The molecule has 0 aromatic heterocycles. The second kappa shape index (κ2) is 58.4. The Morgan fingerprint density at radius 1 is 0.341 bits per heavy atom. The molecule has 3 unspecified atom stereocenters. The predicted octanol–water partition coefficient (Wildman–Crippen LogP) is 18.4. The molecule has 0 bridgehead atoms. The van der Waals surface area contributed by atoms with E-state index in [1.54, 1.807) is 0 Å². The SMILES string of the molecule is CCCCCCCCCCCCCCCCC(=O)OC[C@H](COP(=O)(O)OC[C@@H](O)COP(=O)(O)OC[C@@H](COC(=O)CCCCCCC)OC(=O)CCCCCCCCCCC(C)CC)OC(=O)CCCCCCCCCCCCCC(C)C. The number of hydrogen-bond acceptors (Lipinski definition) is 15. The zero-order chi connectivity index (χ0) is 62.9. The largest absolute Gasteiger partial charge is 0.472 e. The summed E-state index contributed by atoms with van der Waals surface area (Å²) in [6.45, 7) is 9.43. The molecule has 0 aliphatic carbocycles.